The third kappa shape index (κ3) is 7.86. The smallest absolute Gasteiger partial charge is 0.246 e. The van der Waals surface area contributed by atoms with Gasteiger partial charge in [0.05, 0.1) is 11.6 Å². The molecule has 1 unspecified atom stereocenters. The molecule has 0 saturated heterocycles. The molecule has 2 aliphatic rings. The van der Waals surface area contributed by atoms with Crippen molar-refractivity contribution < 1.29 is 24.2 Å². The van der Waals surface area contributed by atoms with E-state index in [0.717, 1.165) is 29.7 Å². The lowest BCUT2D eigenvalue weighted by Crippen LogP contribution is -2.63. The summed E-state index contributed by atoms with van der Waals surface area (Å²) >= 11 is 0. The maximum Gasteiger partial charge on any atom is 0.246 e. The summed E-state index contributed by atoms with van der Waals surface area (Å²) in [6.45, 7) is 6.16. The van der Waals surface area contributed by atoms with Crippen LogP contribution >= 0.6 is 0 Å². The fourth-order valence-electron chi connectivity index (χ4n) is 5.63. The Morgan fingerprint density at radius 3 is 2.34 bits per heavy atom. The van der Waals surface area contributed by atoms with Crippen LogP contribution in [0, 0.1) is 5.92 Å². The summed E-state index contributed by atoms with van der Waals surface area (Å²) in [4.78, 5) is 42.5. The molecule has 0 spiro atoms. The number of nitrogens with one attached hydrogen (secondary N) is 3. The summed E-state index contributed by atoms with van der Waals surface area (Å²) in [6, 6.07) is 14.7. The first kappa shape index (κ1) is 30.5. The molecule has 3 amide bonds. The highest BCUT2D eigenvalue weighted by molar-refractivity contribution is 5.94. The number of likely N-dealkylation sites (N-methyl/N-ethyl adjacent to an activating group) is 1. The normalized spacial score (nSPS) is 24.7. The van der Waals surface area contributed by atoms with Crippen LogP contribution in [0.15, 0.2) is 54.6 Å². The van der Waals surface area contributed by atoms with Crippen molar-refractivity contribution in [1.82, 2.24) is 20.9 Å². The molecule has 1 aliphatic carbocycles. The first-order chi connectivity index (χ1) is 19.6. The van der Waals surface area contributed by atoms with Crippen LogP contribution in [0.25, 0.3) is 0 Å². The fraction of sp³-hybridized carbons (Fsp3) is 0.531. The number of carbonyl (C=O) groups excluding carboxylic acids is 3. The van der Waals surface area contributed by atoms with Gasteiger partial charge in [-0.25, -0.2) is 0 Å². The van der Waals surface area contributed by atoms with Crippen LogP contribution in [0.5, 0.6) is 5.75 Å². The number of hydrogen-bond acceptors (Lipinski definition) is 6. The summed E-state index contributed by atoms with van der Waals surface area (Å²) in [5.74, 6) is -0.578. The summed E-state index contributed by atoms with van der Waals surface area (Å²) in [6.07, 6.45) is 3.23. The fourth-order valence-corrected chi connectivity index (χ4v) is 5.63. The number of rotatable bonds is 4. The quantitative estimate of drug-likeness (QED) is 0.453. The van der Waals surface area contributed by atoms with Crippen molar-refractivity contribution >= 4 is 17.7 Å². The van der Waals surface area contributed by atoms with Gasteiger partial charge in [-0.15, -0.1) is 0 Å². The minimum atomic E-state index is -1.56. The van der Waals surface area contributed by atoms with E-state index in [-0.39, 0.29) is 23.7 Å². The van der Waals surface area contributed by atoms with Crippen molar-refractivity contribution in [3.63, 3.8) is 0 Å². The zero-order valence-corrected chi connectivity index (χ0v) is 24.6. The maximum atomic E-state index is 13.8. The Balaban J connectivity index is 1.65. The Hall–Kier alpha value is -3.43. The van der Waals surface area contributed by atoms with Gasteiger partial charge in [-0.2, -0.15) is 0 Å². The molecule has 222 valence electrons. The van der Waals surface area contributed by atoms with Gasteiger partial charge in [-0.1, -0.05) is 55.5 Å². The molecule has 41 heavy (non-hydrogen) atoms. The van der Waals surface area contributed by atoms with Gasteiger partial charge in [0, 0.05) is 26.1 Å². The number of ether oxygens (including phenoxy) is 1. The highest BCUT2D eigenvalue weighted by Gasteiger charge is 2.45. The Morgan fingerprint density at radius 1 is 0.976 bits per heavy atom. The molecule has 0 bridgehead atoms. The number of amides is 3. The monoisotopic (exact) mass is 564 g/mol. The molecular formula is C32H44N4O5. The molecule has 1 aliphatic heterocycles. The van der Waals surface area contributed by atoms with E-state index in [1.165, 1.54) is 18.7 Å². The van der Waals surface area contributed by atoms with E-state index in [9.17, 15) is 19.5 Å². The summed E-state index contributed by atoms with van der Waals surface area (Å²) in [5.41, 5.74) is 0.379. The van der Waals surface area contributed by atoms with Crippen molar-refractivity contribution in [2.45, 2.75) is 76.1 Å². The first-order valence-electron chi connectivity index (χ1n) is 14.6. The number of fused-ring (bicyclic) bond motifs is 1. The average Bonchev–Trinajstić information content (AvgIpc) is 3.78. The number of aryl methyl sites for hydroxylation is 1. The largest absolute Gasteiger partial charge is 0.492 e. The molecule has 1 saturated carbocycles. The van der Waals surface area contributed by atoms with Crippen LogP contribution in [0.3, 0.4) is 0 Å². The molecule has 4 rings (SSSR count). The average molecular weight is 565 g/mol. The van der Waals surface area contributed by atoms with E-state index in [1.54, 1.807) is 7.05 Å². The third-order valence-corrected chi connectivity index (χ3v) is 8.04. The minimum Gasteiger partial charge on any atom is -0.492 e. The van der Waals surface area contributed by atoms with Crippen molar-refractivity contribution in [2.24, 2.45) is 5.92 Å². The number of para-hydroxylation sites is 1. The van der Waals surface area contributed by atoms with Crippen molar-refractivity contribution in [3.8, 4) is 5.75 Å². The molecular weight excluding hydrogens is 520 g/mol. The Bertz CT molecular complexity index is 1190. The lowest BCUT2D eigenvalue weighted by molar-refractivity contribution is -0.150. The van der Waals surface area contributed by atoms with E-state index in [0.29, 0.717) is 32.5 Å². The van der Waals surface area contributed by atoms with Gasteiger partial charge >= 0.3 is 0 Å². The second-order valence-corrected chi connectivity index (χ2v) is 11.8. The van der Waals surface area contributed by atoms with Crippen LogP contribution in [0.4, 0.5) is 0 Å². The van der Waals surface area contributed by atoms with Gasteiger partial charge < -0.3 is 30.7 Å². The third-order valence-electron chi connectivity index (χ3n) is 8.04. The van der Waals surface area contributed by atoms with Crippen LogP contribution in [-0.4, -0.2) is 78.2 Å². The zero-order chi connectivity index (χ0) is 29.6. The summed E-state index contributed by atoms with van der Waals surface area (Å²) < 4.78 is 6.08. The highest BCUT2D eigenvalue weighted by Crippen LogP contribution is 2.34. The van der Waals surface area contributed by atoms with E-state index in [1.807, 2.05) is 61.5 Å². The molecule has 1 fully saturated rings. The maximum absolute atomic E-state index is 13.8. The standard InChI is InChI=1S/C32H44N4O5/c1-21(22-11-6-5-7-12-22)26-29(37)34-18-10-14-23-13-8-9-15-25(23)41-20-19-33-27(24-16-17-24)31(39)36(4)28(30(38)35-26)32(2,3)40/h5-9,11-13,15,21,24,26-28,33,40H,10,14,16-20H2,1-4H3,(H,34,37)(H,35,38)/t21?,26-,27+,28-/m1/s1. The van der Waals surface area contributed by atoms with Crippen LogP contribution in [-0.2, 0) is 20.8 Å². The summed E-state index contributed by atoms with van der Waals surface area (Å²) in [5, 5.41) is 20.4. The number of aliphatic hydroxyl groups is 1. The lowest BCUT2D eigenvalue weighted by atomic mass is 9.90. The van der Waals surface area contributed by atoms with E-state index < -0.39 is 29.6 Å². The molecule has 4 atom stereocenters. The second-order valence-electron chi connectivity index (χ2n) is 11.8. The Morgan fingerprint density at radius 2 is 1.66 bits per heavy atom. The molecule has 2 aromatic rings. The number of hydrogen-bond donors (Lipinski definition) is 4. The molecule has 4 N–H and O–H groups in total. The number of benzene rings is 2. The lowest BCUT2D eigenvalue weighted by Gasteiger charge is -2.38. The molecule has 1 heterocycles. The van der Waals surface area contributed by atoms with Crippen molar-refractivity contribution in [2.75, 3.05) is 26.7 Å². The SMILES string of the molecule is CC(c1ccccc1)[C@H]1NC(=O)[C@H](C(C)(C)O)N(C)C(=O)[C@H](C2CC2)NCCOc2ccccc2CCCNC1=O. The molecule has 2 aromatic carbocycles. The minimum absolute atomic E-state index is 0.157. The van der Waals surface area contributed by atoms with Crippen LogP contribution in [0.2, 0.25) is 0 Å². The Labute approximate surface area is 243 Å². The van der Waals surface area contributed by atoms with Gasteiger partial charge in [-0.3, -0.25) is 14.4 Å². The van der Waals surface area contributed by atoms with Crippen molar-refractivity contribution in [1.29, 1.82) is 0 Å². The van der Waals surface area contributed by atoms with Crippen molar-refractivity contribution in [3.05, 3.63) is 65.7 Å². The van der Waals surface area contributed by atoms with Gasteiger partial charge in [0.15, 0.2) is 0 Å². The van der Waals surface area contributed by atoms with E-state index >= 15 is 0 Å². The van der Waals surface area contributed by atoms with Crippen LogP contribution in [0.1, 0.15) is 57.1 Å². The van der Waals surface area contributed by atoms with Crippen LogP contribution < -0.4 is 20.7 Å². The number of carbonyl (C=O) groups is 3. The Kier molecular flexibility index (Phi) is 10.0. The number of nitrogens with zero attached hydrogens (tertiary/aromatic N) is 1. The van der Waals surface area contributed by atoms with Gasteiger partial charge in [0.1, 0.15) is 24.4 Å². The van der Waals surface area contributed by atoms with Gasteiger partial charge in [-0.05, 0) is 62.6 Å². The molecule has 0 aromatic heterocycles. The van der Waals surface area contributed by atoms with Gasteiger partial charge in [0.25, 0.3) is 0 Å². The summed E-state index contributed by atoms with van der Waals surface area (Å²) in [7, 11) is 1.54. The highest BCUT2D eigenvalue weighted by atomic mass is 16.5. The predicted molar refractivity (Wildman–Crippen MR) is 157 cm³/mol. The molecule has 9 heteroatoms. The zero-order valence-electron chi connectivity index (χ0n) is 24.6. The molecule has 0 radical (unpaired) electrons. The second kappa shape index (κ2) is 13.5. The predicted octanol–water partition coefficient (Wildman–Crippen LogP) is 2.38. The van der Waals surface area contributed by atoms with E-state index in [4.69, 9.17) is 4.74 Å². The first-order valence-corrected chi connectivity index (χ1v) is 14.6. The van der Waals surface area contributed by atoms with Gasteiger partial charge in [0.2, 0.25) is 17.7 Å². The van der Waals surface area contributed by atoms with E-state index in [2.05, 4.69) is 16.0 Å². The molecule has 9 nitrogen and oxygen atoms in total. The topological polar surface area (TPSA) is 120 Å².